The van der Waals surface area contributed by atoms with Crippen molar-refractivity contribution in [3.63, 3.8) is 0 Å². The highest BCUT2D eigenvalue weighted by Gasteiger charge is 2.10. The molecule has 3 heteroatoms. The minimum atomic E-state index is -0.121. The molecule has 0 radical (unpaired) electrons. The minimum Gasteiger partial charge on any atom is -0.323 e. The Hall–Kier alpha value is -3.17. The van der Waals surface area contributed by atoms with Crippen LogP contribution in [0.5, 0.6) is 0 Å². The maximum Gasteiger partial charge on any atom is 0.248 e. The van der Waals surface area contributed by atoms with Crippen LogP contribution in [-0.2, 0) is 11.3 Å². The van der Waals surface area contributed by atoms with Crippen molar-refractivity contribution in [2.24, 2.45) is 0 Å². The SMILES string of the molecule is O=C(/C=C/c1cccc(-c2ccccc2)c1)Nc1ccc(CN2CCCCC2)cc1. The van der Waals surface area contributed by atoms with Crippen LogP contribution in [-0.4, -0.2) is 23.9 Å². The molecule has 3 nitrogen and oxygen atoms in total. The van der Waals surface area contributed by atoms with E-state index in [0.29, 0.717) is 0 Å². The van der Waals surface area contributed by atoms with Crippen LogP contribution in [0.25, 0.3) is 17.2 Å². The average molecular weight is 397 g/mol. The number of piperidine rings is 1. The zero-order valence-corrected chi connectivity index (χ0v) is 17.3. The van der Waals surface area contributed by atoms with Gasteiger partial charge in [-0.1, -0.05) is 67.1 Å². The van der Waals surface area contributed by atoms with Gasteiger partial charge in [0.15, 0.2) is 0 Å². The highest BCUT2D eigenvalue weighted by molar-refractivity contribution is 6.02. The Morgan fingerprint density at radius 3 is 2.33 bits per heavy atom. The van der Waals surface area contributed by atoms with Crippen molar-refractivity contribution >= 4 is 17.7 Å². The van der Waals surface area contributed by atoms with Crippen LogP contribution in [0.1, 0.15) is 30.4 Å². The van der Waals surface area contributed by atoms with E-state index in [1.165, 1.54) is 43.5 Å². The molecule has 152 valence electrons. The lowest BCUT2D eigenvalue weighted by atomic mass is 10.0. The molecule has 0 aliphatic carbocycles. The Kier molecular flexibility index (Phi) is 6.73. The second-order valence-electron chi connectivity index (χ2n) is 7.85. The third kappa shape index (κ3) is 5.68. The number of carbonyl (C=O) groups is 1. The van der Waals surface area contributed by atoms with E-state index in [0.717, 1.165) is 23.4 Å². The molecule has 1 aliphatic rings. The summed E-state index contributed by atoms with van der Waals surface area (Å²) in [5, 5.41) is 2.95. The summed E-state index contributed by atoms with van der Waals surface area (Å²) < 4.78 is 0. The van der Waals surface area contributed by atoms with Crippen molar-refractivity contribution in [2.45, 2.75) is 25.8 Å². The van der Waals surface area contributed by atoms with Crippen molar-refractivity contribution in [3.05, 3.63) is 96.1 Å². The number of nitrogens with one attached hydrogen (secondary N) is 1. The first-order valence-electron chi connectivity index (χ1n) is 10.7. The number of hydrogen-bond acceptors (Lipinski definition) is 2. The van der Waals surface area contributed by atoms with Crippen LogP contribution in [0.3, 0.4) is 0 Å². The Balaban J connectivity index is 1.33. The first-order valence-corrected chi connectivity index (χ1v) is 10.7. The summed E-state index contributed by atoms with van der Waals surface area (Å²) in [7, 11) is 0. The summed E-state index contributed by atoms with van der Waals surface area (Å²) in [5.74, 6) is -0.121. The van der Waals surface area contributed by atoms with E-state index in [1.54, 1.807) is 6.08 Å². The minimum absolute atomic E-state index is 0.121. The van der Waals surface area contributed by atoms with Gasteiger partial charge in [-0.2, -0.15) is 0 Å². The smallest absolute Gasteiger partial charge is 0.248 e. The number of nitrogens with zero attached hydrogens (tertiary/aromatic N) is 1. The lowest BCUT2D eigenvalue weighted by Gasteiger charge is -2.26. The van der Waals surface area contributed by atoms with Gasteiger partial charge in [0.1, 0.15) is 0 Å². The van der Waals surface area contributed by atoms with Crippen LogP contribution in [0.2, 0.25) is 0 Å². The van der Waals surface area contributed by atoms with Gasteiger partial charge in [0.25, 0.3) is 0 Å². The maximum atomic E-state index is 12.3. The van der Waals surface area contributed by atoms with Gasteiger partial charge in [0.2, 0.25) is 5.91 Å². The summed E-state index contributed by atoms with van der Waals surface area (Å²) in [6.07, 6.45) is 7.40. The topological polar surface area (TPSA) is 32.3 Å². The van der Waals surface area contributed by atoms with E-state index in [1.807, 2.05) is 48.5 Å². The lowest BCUT2D eigenvalue weighted by molar-refractivity contribution is -0.111. The molecular formula is C27H28N2O. The van der Waals surface area contributed by atoms with Gasteiger partial charge in [-0.15, -0.1) is 0 Å². The van der Waals surface area contributed by atoms with Crippen molar-refractivity contribution in [2.75, 3.05) is 18.4 Å². The molecule has 0 spiro atoms. The number of amides is 1. The third-order valence-electron chi connectivity index (χ3n) is 5.50. The van der Waals surface area contributed by atoms with Crippen LogP contribution >= 0.6 is 0 Å². The van der Waals surface area contributed by atoms with E-state index >= 15 is 0 Å². The number of rotatable bonds is 6. The molecule has 4 rings (SSSR count). The Morgan fingerprint density at radius 1 is 0.833 bits per heavy atom. The van der Waals surface area contributed by atoms with Gasteiger partial charge in [-0.25, -0.2) is 0 Å². The molecule has 1 N–H and O–H groups in total. The summed E-state index contributed by atoms with van der Waals surface area (Å²) in [4.78, 5) is 14.8. The molecule has 1 heterocycles. The number of benzene rings is 3. The van der Waals surface area contributed by atoms with Gasteiger partial charge in [0.05, 0.1) is 0 Å². The molecule has 1 amide bonds. The van der Waals surface area contributed by atoms with E-state index in [9.17, 15) is 4.79 Å². The van der Waals surface area contributed by atoms with E-state index < -0.39 is 0 Å². The summed E-state index contributed by atoms with van der Waals surface area (Å²) >= 11 is 0. The fraction of sp³-hybridized carbons (Fsp3) is 0.222. The molecule has 0 unspecified atom stereocenters. The maximum absolute atomic E-state index is 12.3. The molecule has 3 aromatic rings. The summed E-state index contributed by atoms with van der Waals surface area (Å²) in [6, 6.07) is 26.6. The Bertz CT molecular complexity index is 987. The molecule has 3 aromatic carbocycles. The predicted molar refractivity (Wildman–Crippen MR) is 125 cm³/mol. The molecule has 1 saturated heterocycles. The van der Waals surface area contributed by atoms with E-state index in [4.69, 9.17) is 0 Å². The van der Waals surface area contributed by atoms with Crippen molar-refractivity contribution in [1.82, 2.24) is 4.90 Å². The van der Waals surface area contributed by atoms with E-state index in [2.05, 4.69) is 46.6 Å². The summed E-state index contributed by atoms with van der Waals surface area (Å²) in [5.41, 5.74) is 5.43. The standard InChI is InChI=1S/C27H28N2O/c30-27(17-14-22-8-7-11-25(20-22)24-9-3-1-4-10-24)28-26-15-12-23(13-16-26)21-29-18-5-2-6-19-29/h1,3-4,7-17,20H,2,5-6,18-19,21H2,(H,28,30)/b17-14+. The Labute approximate surface area is 179 Å². The number of anilines is 1. The van der Waals surface area contributed by atoms with Gasteiger partial charge < -0.3 is 5.32 Å². The zero-order valence-electron chi connectivity index (χ0n) is 17.3. The van der Waals surface area contributed by atoms with Gasteiger partial charge in [0, 0.05) is 18.3 Å². The van der Waals surface area contributed by atoms with Crippen LogP contribution in [0, 0.1) is 0 Å². The average Bonchev–Trinajstić information content (AvgIpc) is 2.80. The fourth-order valence-electron chi connectivity index (χ4n) is 3.88. The molecular weight excluding hydrogens is 368 g/mol. The number of carbonyl (C=O) groups excluding carboxylic acids is 1. The Morgan fingerprint density at radius 2 is 1.57 bits per heavy atom. The lowest BCUT2D eigenvalue weighted by Crippen LogP contribution is -2.29. The second kappa shape index (κ2) is 10.0. The van der Waals surface area contributed by atoms with Crippen molar-refractivity contribution in [1.29, 1.82) is 0 Å². The first kappa shape index (κ1) is 20.1. The molecule has 1 fully saturated rings. The normalized spacial score (nSPS) is 14.7. The second-order valence-corrected chi connectivity index (χ2v) is 7.85. The van der Waals surface area contributed by atoms with Crippen LogP contribution < -0.4 is 5.32 Å². The monoisotopic (exact) mass is 396 g/mol. The highest BCUT2D eigenvalue weighted by atomic mass is 16.1. The number of likely N-dealkylation sites (tertiary alicyclic amines) is 1. The van der Waals surface area contributed by atoms with Gasteiger partial charge >= 0.3 is 0 Å². The van der Waals surface area contributed by atoms with E-state index in [-0.39, 0.29) is 5.91 Å². The molecule has 0 aromatic heterocycles. The zero-order chi connectivity index (χ0) is 20.6. The molecule has 0 atom stereocenters. The quantitative estimate of drug-likeness (QED) is 0.519. The molecule has 0 saturated carbocycles. The van der Waals surface area contributed by atoms with Crippen molar-refractivity contribution in [3.8, 4) is 11.1 Å². The first-order chi connectivity index (χ1) is 14.8. The van der Waals surface area contributed by atoms with Crippen molar-refractivity contribution < 1.29 is 4.79 Å². The largest absolute Gasteiger partial charge is 0.323 e. The molecule has 1 aliphatic heterocycles. The molecule has 30 heavy (non-hydrogen) atoms. The van der Waals surface area contributed by atoms with Gasteiger partial charge in [-0.3, -0.25) is 9.69 Å². The summed E-state index contributed by atoms with van der Waals surface area (Å²) in [6.45, 7) is 3.37. The number of hydrogen-bond donors (Lipinski definition) is 1. The third-order valence-corrected chi connectivity index (χ3v) is 5.50. The van der Waals surface area contributed by atoms with Gasteiger partial charge in [-0.05, 0) is 72.5 Å². The van der Waals surface area contributed by atoms with Crippen LogP contribution in [0.15, 0.2) is 84.9 Å². The predicted octanol–water partition coefficient (Wildman–Crippen LogP) is 5.99. The highest BCUT2D eigenvalue weighted by Crippen LogP contribution is 2.21. The fourth-order valence-corrected chi connectivity index (χ4v) is 3.88. The van der Waals surface area contributed by atoms with Crippen LogP contribution in [0.4, 0.5) is 5.69 Å². The molecule has 0 bridgehead atoms.